The van der Waals surface area contributed by atoms with Crippen LogP contribution in [0.1, 0.15) is 6.42 Å². The van der Waals surface area contributed by atoms with Crippen molar-refractivity contribution in [1.29, 1.82) is 0 Å². The Morgan fingerprint density at radius 1 is 1.04 bits per heavy atom. The summed E-state index contributed by atoms with van der Waals surface area (Å²) in [6.45, 7) is 4.63. The minimum absolute atomic E-state index is 0.195. The monoisotopic (exact) mass is 375 g/mol. The van der Waals surface area contributed by atoms with Gasteiger partial charge in [0.1, 0.15) is 5.82 Å². The molecule has 2 N–H and O–H groups in total. The van der Waals surface area contributed by atoms with E-state index in [0.29, 0.717) is 12.5 Å². The second kappa shape index (κ2) is 9.61. The molecule has 0 radical (unpaired) electrons. The molecule has 0 bridgehead atoms. The van der Waals surface area contributed by atoms with Gasteiger partial charge in [0, 0.05) is 58.5 Å². The van der Waals surface area contributed by atoms with E-state index in [-0.39, 0.29) is 12.4 Å². The third-order valence-electron chi connectivity index (χ3n) is 4.21. The van der Waals surface area contributed by atoms with Crippen LogP contribution in [0.15, 0.2) is 29.3 Å². The molecule has 2 rings (SSSR count). The van der Waals surface area contributed by atoms with Crippen molar-refractivity contribution in [2.45, 2.75) is 12.6 Å². The lowest BCUT2D eigenvalue weighted by Gasteiger charge is -2.36. The van der Waals surface area contributed by atoms with Crippen molar-refractivity contribution in [3.05, 3.63) is 30.1 Å². The quantitative estimate of drug-likeness (QED) is 0.454. The Labute approximate surface area is 151 Å². The number of halogens is 4. The molecular formula is C17H25F4N5. The highest BCUT2D eigenvalue weighted by atomic mass is 19.4. The van der Waals surface area contributed by atoms with E-state index in [1.807, 2.05) is 0 Å². The van der Waals surface area contributed by atoms with Crippen LogP contribution in [0.3, 0.4) is 0 Å². The predicted octanol–water partition coefficient (Wildman–Crippen LogP) is 2.07. The first-order valence-corrected chi connectivity index (χ1v) is 8.61. The standard InChI is InChI=1S/C17H25F4N5/c1-22-16(23-7-6-17(19,20)21)24-8-9-25-10-12-26(13-11-25)15-4-2-14(18)3-5-15/h2-5H,6-13H2,1H3,(H2,22,23,24). The molecule has 5 nitrogen and oxygen atoms in total. The van der Waals surface area contributed by atoms with Gasteiger partial charge in [0.15, 0.2) is 5.96 Å². The fourth-order valence-corrected chi connectivity index (χ4v) is 2.76. The summed E-state index contributed by atoms with van der Waals surface area (Å²) in [4.78, 5) is 8.40. The van der Waals surface area contributed by atoms with E-state index in [1.54, 1.807) is 12.1 Å². The van der Waals surface area contributed by atoms with E-state index in [1.165, 1.54) is 19.2 Å². The average Bonchev–Trinajstić information content (AvgIpc) is 2.61. The summed E-state index contributed by atoms with van der Waals surface area (Å²) in [5.41, 5.74) is 1.01. The fourth-order valence-electron chi connectivity index (χ4n) is 2.76. The third-order valence-corrected chi connectivity index (χ3v) is 4.21. The molecule has 146 valence electrons. The van der Waals surface area contributed by atoms with Gasteiger partial charge in [-0.3, -0.25) is 9.89 Å². The highest BCUT2D eigenvalue weighted by Crippen LogP contribution is 2.18. The number of rotatable bonds is 6. The zero-order valence-electron chi connectivity index (χ0n) is 14.8. The Morgan fingerprint density at radius 2 is 1.65 bits per heavy atom. The molecule has 0 saturated carbocycles. The third kappa shape index (κ3) is 7.07. The average molecular weight is 375 g/mol. The second-order valence-corrected chi connectivity index (χ2v) is 6.10. The molecule has 0 amide bonds. The summed E-state index contributed by atoms with van der Waals surface area (Å²) in [6, 6.07) is 6.48. The first kappa shape index (κ1) is 20.3. The number of alkyl halides is 3. The van der Waals surface area contributed by atoms with Crippen LogP contribution in [0.4, 0.5) is 23.2 Å². The smallest absolute Gasteiger partial charge is 0.369 e. The van der Waals surface area contributed by atoms with E-state index < -0.39 is 12.6 Å². The van der Waals surface area contributed by atoms with Crippen LogP contribution in [0.2, 0.25) is 0 Å². The molecule has 1 aliphatic rings. The van der Waals surface area contributed by atoms with Gasteiger partial charge >= 0.3 is 6.18 Å². The molecule has 0 aromatic heterocycles. The van der Waals surface area contributed by atoms with Crippen molar-refractivity contribution in [1.82, 2.24) is 15.5 Å². The van der Waals surface area contributed by atoms with Gasteiger partial charge in [0.2, 0.25) is 0 Å². The Balaban J connectivity index is 1.64. The van der Waals surface area contributed by atoms with Gasteiger partial charge < -0.3 is 15.5 Å². The Bertz CT molecular complexity index is 566. The molecule has 1 fully saturated rings. The molecular weight excluding hydrogens is 350 g/mol. The Morgan fingerprint density at radius 3 is 2.23 bits per heavy atom. The van der Waals surface area contributed by atoms with Crippen molar-refractivity contribution < 1.29 is 17.6 Å². The zero-order chi connectivity index (χ0) is 19.0. The zero-order valence-corrected chi connectivity index (χ0v) is 14.8. The topological polar surface area (TPSA) is 42.9 Å². The number of hydrogen-bond acceptors (Lipinski definition) is 3. The van der Waals surface area contributed by atoms with Crippen molar-refractivity contribution in [3.8, 4) is 0 Å². The number of nitrogens with zero attached hydrogens (tertiary/aromatic N) is 3. The van der Waals surface area contributed by atoms with Gasteiger partial charge in [0.05, 0.1) is 6.42 Å². The largest absolute Gasteiger partial charge is 0.390 e. The van der Waals surface area contributed by atoms with Crippen molar-refractivity contribution in [2.75, 3.05) is 57.8 Å². The Kier molecular flexibility index (Phi) is 7.50. The molecule has 9 heteroatoms. The minimum atomic E-state index is -4.17. The van der Waals surface area contributed by atoms with Gasteiger partial charge in [-0.25, -0.2) is 4.39 Å². The maximum absolute atomic E-state index is 13.0. The number of hydrogen-bond donors (Lipinski definition) is 2. The fraction of sp³-hybridized carbons (Fsp3) is 0.588. The number of aliphatic imine (C=N–C) groups is 1. The molecule has 0 aliphatic carbocycles. The summed E-state index contributed by atoms with van der Waals surface area (Å²) in [7, 11) is 1.53. The van der Waals surface area contributed by atoms with Crippen LogP contribution in [-0.2, 0) is 0 Å². The van der Waals surface area contributed by atoms with Gasteiger partial charge in [-0.2, -0.15) is 13.2 Å². The van der Waals surface area contributed by atoms with Crippen LogP contribution in [0, 0.1) is 5.82 Å². The van der Waals surface area contributed by atoms with Gasteiger partial charge in [-0.15, -0.1) is 0 Å². The van der Waals surface area contributed by atoms with E-state index in [0.717, 1.165) is 38.4 Å². The van der Waals surface area contributed by atoms with Crippen LogP contribution in [0.5, 0.6) is 0 Å². The molecule has 1 aliphatic heterocycles. The van der Waals surface area contributed by atoms with Crippen LogP contribution in [0.25, 0.3) is 0 Å². The normalized spacial score (nSPS) is 16.7. The predicted molar refractivity (Wildman–Crippen MR) is 95.1 cm³/mol. The number of nitrogens with one attached hydrogen (secondary N) is 2. The molecule has 0 spiro atoms. The SMILES string of the molecule is CN=C(NCCN1CCN(c2ccc(F)cc2)CC1)NCCC(F)(F)F. The molecule has 0 unspecified atom stereocenters. The number of piperazine rings is 1. The van der Waals surface area contributed by atoms with Crippen molar-refractivity contribution in [2.24, 2.45) is 4.99 Å². The molecule has 1 aromatic carbocycles. The molecule has 1 heterocycles. The second-order valence-electron chi connectivity index (χ2n) is 6.10. The lowest BCUT2D eigenvalue weighted by atomic mass is 10.2. The molecule has 1 aromatic rings. The summed E-state index contributed by atoms with van der Waals surface area (Å²) in [6.07, 6.45) is -5.06. The molecule has 1 saturated heterocycles. The molecule has 0 atom stereocenters. The lowest BCUT2D eigenvalue weighted by Crippen LogP contribution is -2.49. The van der Waals surface area contributed by atoms with Crippen molar-refractivity contribution in [3.63, 3.8) is 0 Å². The number of anilines is 1. The summed E-state index contributed by atoms with van der Waals surface area (Å²) in [5, 5.41) is 5.68. The van der Waals surface area contributed by atoms with Crippen molar-refractivity contribution >= 4 is 11.6 Å². The van der Waals surface area contributed by atoms with E-state index >= 15 is 0 Å². The first-order chi connectivity index (χ1) is 12.4. The summed E-state index contributed by atoms with van der Waals surface area (Å²) < 4.78 is 49.4. The van der Waals surface area contributed by atoms with Crippen LogP contribution in [-0.4, -0.2) is 69.9 Å². The van der Waals surface area contributed by atoms with E-state index in [9.17, 15) is 17.6 Å². The minimum Gasteiger partial charge on any atom is -0.369 e. The summed E-state index contributed by atoms with van der Waals surface area (Å²) >= 11 is 0. The summed E-state index contributed by atoms with van der Waals surface area (Å²) in [5.74, 6) is 0.134. The van der Waals surface area contributed by atoms with E-state index in [2.05, 4.69) is 25.4 Å². The maximum atomic E-state index is 13.0. The highest BCUT2D eigenvalue weighted by Gasteiger charge is 2.26. The maximum Gasteiger partial charge on any atom is 0.390 e. The number of guanidine groups is 1. The van der Waals surface area contributed by atoms with Crippen LogP contribution < -0.4 is 15.5 Å². The van der Waals surface area contributed by atoms with Gasteiger partial charge in [-0.05, 0) is 24.3 Å². The van der Waals surface area contributed by atoms with Crippen LogP contribution >= 0.6 is 0 Å². The molecule has 26 heavy (non-hydrogen) atoms. The Hall–Kier alpha value is -2.03. The number of benzene rings is 1. The van der Waals surface area contributed by atoms with Gasteiger partial charge in [-0.1, -0.05) is 0 Å². The lowest BCUT2D eigenvalue weighted by molar-refractivity contribution is -0.132. The highest BCUT2D eigenvalue weighted by molar-refractivity contribution is 5.79. The first-order valence-electron chi connectivity index (χ1n) is 8.61. The van der Waals surface area contributed by atoms with E-state index in [4.69, 9.17) is 0 Å². The van der Waals surface area contributed by atoms with Gasteiger partial charge in [0.25, 0.3) is 0 Å².